The Morgan fingerprint density at radius 2 is 2.18 bits per heavy atom. The zero-order valence-corrected chi connectivity index (χ0v) is 11.1. The smallest absolute Gasteiger partial charge is 0.119 e. The lowest BCUT2D eigenvalue weighted by molar-refractivity contribution is 0.272. The van der Waals surface area contributed by atoms with Crippen LogP contribution in [0.5, 0.6) is 5.75 Å². The summed E-state index contributed by atoms with van der Waals surface area (Å²) < 4.78 is 5.22. The highest BCUT2D eigenvalue weighted by Crippen LogP contribution is 2.14. The molecule has 1 atom stereocenters. The summed E-state index contributed by atoms with van der Waals surface area (Å²) >= 11 is 0. The molecule has 17 heavy (non-hydrogen) atoms. The average molecular weight is 236 g/mol. The van der Waals surface area contributed by atoms with Crippen molar-refractivity contribution in [3.8, 4) is 5.75 Å². The quantitative estimate of drug-likeness (QED) is 0.788. The van der Waals surface area contributed by atoms with Gasteiger partial charge >= 0.3 is 0 Å². The van der Waals surface area contributed by atoms with Gasteiger partial charge in [-0.15, -0.1) is 0 Å². The first kappa shape index (κ1) is 14.0. The fourth-order valence-electron chi connectivity index (χ4n) is 2.05. The number of nitrogens with two attached hydrogens (primary N) is 1. The average Bonchev–Trinajstić information content (AvgIpc) is 2.29. The summed E-state index contributed by atoms with van der Waals surface area (Å²) in [6.07, 6.45) is 1.09. The molecule has 0 amide bonds. The van der Waals surface area contributed by atoms with Crippen LogP contribution in [0.4, 0.5) is 0 Å². The van der Waals surface area contributed by atoms with E-state index in [1.54, 1.807) is 7.11 Å². The third-order valence-electron chi connectivity index (χ3n) is 2.87. The molecule has 0 fully saturated rings. The fraction of sp³-hybridized carbons (Fsp3) is 0.571. The maximum absolute atomic E-state index is 5.56. The Labute approximate surface area is 105 Å². The van der Waals surface area contributed by atoms with Gasteiger partial charge in [0.2, 0.25) is 0 Å². The lowest BCUT2D eigenvalue weighted by Gasteiger charge is -2.21. The second-order valence-electron chi connectivity index (χ2n) is 4.73. The zero-order chi connectivity index (χ0) is 12.7. The van der Waals surface area contributed by atoms with E-state index in [2.05, 4.69) is 31.0 Å². The predicted octanol–water partition coefficient (Wildman–Crippen LogP) is 2.11. The molecule has 3 heteroatoms. The minimum absolute atomic E-state index is 0.649. The van der Waals surface area contributed by atoms with Crippen LogP contribution in [0.2, 0.25) is 0 Å². The molecule has 2 N–H and O–H groups in total. The summed E-state index contributed by atoms with van der Waals surface area (Å²) in [5.41, 5.74) is 6.84. The monoisotopic (exact) mass is 236 g/mol. The largest absolute Gasteiger partial charge is 0.497 e. The molecule has 3 nitrogen and oxygen atoms in total. The molecule has 0 aliphatic carbocycles. The second kappa shape index (κ2) is 7.30. The number of hydrogen-bond donors (Lipinski definition) is 1. The van der Waals surface area contributed by atoms with Crippen molar-refractivity contribution < 1.29 is 4.74 Å². The van der Waals surface area contributed by atoms with Crippen molar-refractivity contribution in [2.75, 3.05) is 27.2 Å². The van der Waals surface area contributed by atoms with E-state index in [4.69, 9.17) is 10.5 Å². The van der Waals surface area contributed by atoms with Crippen LogP contribution in [0.3, 0.4) is 0 Å². The van der Waals surface area contributed by atoms with Crippen molar-refractivity contribution >= 4 is 0 Å². The van der Waals surface area contributed by atoms with Crippen LogP contribution < -0.4 is 10.5 Å². The highest BCUT2D eigenvalue weighted by atomic mass is 16.5. The summed E-state index contributed by atoms with van der Waals surface area (Å²) in [6.45, 7) is 5.05. The van der Waals surface area contributed by atoms with Crippen molar-refractivity contribution in [1.82, 2.24) is 4.90 Å². The summed E-state index contributed by atoms with van der Waals surface area (Å²) in [4.78, 5) is 2.33. The maximum Gasteiger partial charge on any atom is 0.119 e. The van der Waals surface area contributed by atoms with Gasteiger partial charge in [0, 0.05) is 13.1 Å². The normalized spacial score (nSPS) is 12.8. The van der Waals surface area contributed by atoms with Crippen LogP contribution in [-0.2, 0) is 6.54 Å². The van der Waals surface area contributed by atoms with Crippen molar-refractivity contribution in [3.05, 3.63) is 29.8 Å². The molecule has 0 bridgehead atoms. The van der Waals surface area contributed by atoms with Crippen LogP contribution in [0, 0.1) is 5.92 Å². The molecule has 0 aromatic heterocycles. The van der Waals surface area contributed by atoms with Crippen LogP contribution in [0.15, 0.2) is 24.3 Å². The van der Waals surface area contributed by atoms with E-state index in [9.17, 15) is 0 Å². The summed E-state index contributed by atoms with van der Waals surface area (Å²) in [5, 5.41) is 0. The summed E-state index contributed by atoms with van der Waals surface area (Å²) in [7, 11) is 3.85. The highest BCUT2D eigenvalue weighted by Gasteiger charge is 2.06. The highest BCUT2D eigenvalue weighted by molar-refractivity contribution is 5.28. The summed E-state index contributed by atoms with van der Waals surface area (Å²) in [6, 6.07) is 8.22. The van der Waals surface area contributed by atoms with E-state index in [0.717, 1.165) is 31.8 Å². The first-order chi connectivity index (χ1) is 8.15. The van der Waals surface area contributed by atoms with Crippen LogP contribution in [0.25, 0.3) is 0 Å². The van der Waals surface area contributed by atoms with Gasteiger partial charge in [0.05, 0.1) is 7.11 Å². The Hall–Kier alpha value is -1.06. The molecule has 0 saturated heterocycles. The number of hydrogen-bond acceptors (Lipinski definition) is 3. The minimum atomic E-state index is 0.649. The van der Waals surface area contributed by atoms with Crippen LogP contribution in [-0.4, -0.2) is 32.1 Å². The van der Waals surface area contributed by atoms with E-state index in [1.165, 1.54) is 5.56 Å². The topological polar surface area (TPSA) is 38.5 Å². The molecule has 1 rings (SSSR count). The van der Waals surface area contributed by atoms with E-state index >= 15 is 0 Å². The molecular weight excluding hydrogens is 212 g/mol. The summed E-state index contributed by atoms with van der Waals surface area (Å²) in [5.74, 6) is 1.57. The van der Waals surface area contributed by atoms with E-state index in [-0.39, 0.29) is 0 Å². The molecule has 96 valence electrons. The molecule has 0 aliphatic rings. The first-order valence-electron chi connectivity index (χ1n) is 6.17. The van der Waals surface area contributed by atoms with Gasteiger partial charge in [-0.3, -0.25) is 0 Å². The Morgan fingerprint density at radius 3 is 2.82 bits per heavy atom. The van der Waals surface area contributed by atoms with Crippen molar-refractivity contribution in [2.24, 2.45) is 11.7 Å². The minimum Gasteiger partial charge on any atom is -0.497 e. The standard InChI is InChI=1S/C14H24N2O/c1-12(7-8-15)10-16(2)11-13-5-4-6-14(9-13)17-3/h4-6,9,12H,7-8,10-11,15H2,1-3H3. The molecule has 1 aromatic carbocycles. The van der Waals surface area contributed by atoms with Crippen molar-refractivity contribution in [2.45, 2.75) is 19.9 Å². The number of nitrogens with zero attached hydrogens (tertiary/aromatic N) is 1. The number of rotatable bonds is 7. The maximum atomic E-state index is 5.56. The lowest BCUT2D eigenvalue weighted by Crippen LogP contribution is -2.25. The van der Waals surface area contributed by atoms with Gasteiger partial charge in [0.25, 0.3) is 0 Å². The second-order valence-corrected chi connectivity index (χ2v) is 4.73. The van der Waals surface area contributed by atoms with Crippen molar-refractivity contribution in [1.29, 1.82) is 0 Å². The van der Waals surface area contributed by atoms with Crippen LogP contribution >= 0.6 is 0 Å². The van der Waals surface area contributed by atoms with E-state index < -0.39 is 0 Å². The molecule has 1 aromatic rings. The van der Waals surface area contributed by atoms with Gasteiger partial charge in [-0.1, -0.05) is 19.1 Å². The molecule has 1 unspecified atom stereocenters. The molecule has 0 heterocycles. The Balaban J connectivity index is 2.46. The van der Waals surface area contributed by atoms with Crippen LogP contribution in [0.1, 0.15) is 18.9 Å². The third-order valence-corrected chi connectivity index (χ3v) is 2.87. The predicted molar refractivity (Wildman–Crippen MR) is 72.2 cm³/mol. The number of benzene rings is 1. The van der Waals surface area contributed by atoms with E-state index in [1.807, 2.05) is 12.1 Å². The molecular formula is C14H24N2O. The first-order valence-corrected chi connectivity index (χ1v) is 6.17. The SMILES string of the molecule is COc1cccc(CN(C)CC(C)CCN)c1. The molecule has 0 aliphatic heterocycles. The fourth-order valence-corrected chi connectivity index (χ4v) is 2.05. The zero-order valence-electron chi connectivity index (χ0n) is 11.1. The molecule has 0 saturated carbocycles. The van der Waals surface area contributed by atoms with Gasteiger partial charge < -0.3 is 15.4 Å². The van der Waals surface area contributed by atoms with Crippen molar-refractivity contribution in [3.63, 3.8) is 0 Å². The Morgan fingerprint density at radius 1 is 1.41 bits per heavy atom. The Bertz CT molecular complexity index is 328. The van der Waals surface area contributed by atoms with Gasteiger partial charge in [0.15, 0.2) is 0 Å². The lowest BCUT2D eigenvalue weighted by atomic mass is 10.1. The van der Waals surface area contributed by atoms with E-state index in [0.29, 0.717) is 5.92 Å². The number of methoxy groups -OCH3 is 1. The Kier molecular flexibility index (Phi) is 6.01. The third kappa shape index (κ3) is 5.20. The van der Waals surface area contributed by atoms with Gasteiger partial charge in [0.1, 0.15) is 5.75 Å². The van der Waals surface area contributed by atoms with Gasteiger partial charge in [-0.25, -0.2) is 0 Å². The molecule has 0 spiro atoms. The van der Waals surface area contributed by atoms with Gasteiger partial charge in [-0.2, -0.15) is 0 Å². The molecule has 0 radical (unpaired) electrons. The number of ether oxygens (including phenoxy) is 1. The van der Waals surface area contributed by atoms with Gasteiger partial charge in [-0.05, 0) is 43.6 Å².